The van der Waals surface area contributed by atoms with Gasteiger partial charge in [0.1, 0.15) is 41.8 Å². The van der Waals surface area contributed by atoms with Crippen molar-refractivity contribution in [3.05, 3.63) is 33.4 Å². The first-order valence-electron chi connectivity index (χ1n) is 14.8. The molecule has 234 valence electrons. The molecule has 0 radical (unpaired) electrons. The van der Waals surface area contributed by atoms with Crippen molar-refractivity contribution < 1.29 is 22.6 Å². The van der Waals surface area contributed by atoms with Gasteiger partial charge in [-0.05, 0) is 80.7 Å². The van der Waals surface area contributed by atoms with E-state index in [4.69, 9.17) is 20.2 Å². The summed E-state index contributed by atoms with van der Waals surface area (Å²) >= 11 is 3.24. The second kappa shape index (κ2) is 11.3. The maximum Gasteiger partial charge on any atom is 0.319 e. The Kier molecular flexibility index (Phi) is 7.73. The van der Waals surface area contributed by atoms with Crippen LogP contribution in [0.2, 0.25) is 0 Å². The molecule has 5 heterocycles. The summed E-state index contributed by atoms with van der Waals surface area (Å²) < 4.78 is 60.0. The third-order valence-electron chi connectivity index (χ3n) is 9.01. The molecular formula is C31H34F3IN6O2S. The van der Waals surface area contributed by atoms with Gasteiger partial charge in [-0.1, -0.05) is 6.07 Å². The molecule has 0 amide bonds. The molecule has 2 aromatic heterocycles. The lowest BCUT2D eigenvalue weighted by Gasteiger charge is -2.31. The molecule has 2 aromatic carbocycles. The Labute approximate surface area is 271 Å². The lowest BCUT2D eigenvalue weighted by molar-refractivity contribution is 0.107. The summed E-state index contributed by atoms with van der Waals surface area (Å²) in [4.78, 5) is 15.9. The Bertz CT molecular complexity index is 1770. The van der Waals surface area contributed by atoms with Gasteiger partial charge in [-0.2, -0.15) is 9.97 Å². The molecule has 44 heavy (non-hydrogen) atoms. The van der Waals surface area contributed by atoms with Gasteiger partial charge in [0.05, 0.1) is 30.7 Å². The zero-order chi connectivity index (χ0) is 30.9. The van der Waals surface area contributed by atoms with Crippen molar-refractivity contribution in [2.45, 2.75) is 44.0 Å². The minimum Gasteiger partial charge on any atom is -0.487 e. The van der Waals surface area contributed by atoms with E-state index < -0.39 is 23.3 Å². The SMILES string of the molecule is C[C@H]1CN(CCN(C)C)c2nc(OCC34CCCN3C[C@H](F)C4)nc3c(F)c(-c4ccc(F)c5sc(N)cc45)c(I)c(c23)O1. The molecule has 0 bridgehead atoms. The van der Waals surface area contributed by atoms with Crippen LogP contribution in [0.15, 0.2) is 18.2 Å². The average Bonchev–Trinajstić information content (AvgIpc) is 3.61. The van der Waals surface area contributed by atoms with Gasteiger partial charge < -0.3 is 25.0 Å². The number of hydrogen-bond acceptors (Lipinski definition) is 9. The predicted molar refractivity (Wildman–Crippen MR) is 177 cm³/mol. The van der Waals surface area contributed by atoms with Crippen molar-refractivity contribution in [3.63, 3.8) is 0 Å². The van der Waals surface area contributed by atoms with Crippen LogP contribution in [0.5, 0.6) is 11.8 Å². The van der Waals surface area contributed by atoms with Gasteiger partial charge in [0, 0.05) is 37.0 Å². The molecule has 4 aromatic rings. The Morgan fingerprint density at radius 1 is 1.25 bits per heavy atom. The molecule has 2 fully saturated rings. The van der Waals surface area contributed by atoms with Crippen LogP contribution in [-0.2, 0) is 0 Å². The van der Waals surface area contributed by atoms with Gasteiger partial charge in [0.2, 0.25) is 0 Å². The fraction of sp³-hybridized carbons (Fsp3) is 0.484. The third-order valence-corrected chi connectivity index (χ3v) is 11.0. The fourth-order valence-corrected chi connectivity index (χ4v) is 8.78. The van der Waals surface area contributed by atoms with Crippen molar-refractivity contribution in [1.82, 2.24) is 19.8 Å². The molecule has 8 nitrogen and oxygen atoms in total. The standard InChI is InChI=1S/C31H34F3IN6O2S/c1-16-13-40(10-9-39(2)3)29-23-26(37-30(38-29)42-15-31-7-4-8-41(31)14-17(32)12-31)24(34)22(25(35)27(23)43-16)18-5-6-20(33)28-19(18)11-21(36)44-28/h5-6,11,16-17H,4,7-10,12-15,36H2,1-3H3/t16-,17+,31?/m0/s1. The van der Waals surface area contributed by atoms with Crippen molar-refractivity contribution >= 4 is 65.7 Å². The second-order valence-electron chi connectivity index (χ2n) is 12.4. The summed E-state index contributed by atoms with van der Waals surface area (Å²) in [7, 11) is 4.00. The molecule has 2 saturated heterocycles. The number of halogens is 4. The van der Waals surface area contributed by atoms with Gasteiger partial charge in [-0.15, -0.1) is 11.3 Å². The number of fused-ring (bicyclic) bond motifs is 2. The molecule has 7 rings (SSSR count). The van der Waals surface area contributed by atoms with Crippen LogP contribution in [0.3, 0.4) is 0 Å². The van der Waals surface area contributed by atoms with Crippen LogP contribution in [0.25, 0.3) is 32.1 Å². The van der Waals surface area contributed by atoms with Crippen LogP contribution in [0.4, 0.5) is 24.0 Å². The summed E-state index contributed by atoms with van der Waals surface area (Å²) in [5.41, 5.74) is 6.49. The summed E-state index contributed by atoms with van der Waals surface area (Å²) in [6.07, 6.45) is 1.07. The van der Waals surface area contributed by atoms with Gasteiger partial charge in [0.15, 0.2) is 5.82 Å². The van der Waals surface area contributed by atoms with Gasteiger partial charge in [-0.25, -0.2) is 13.2 Å². The van der Waals surface area contributed by atoms with Crippen LogP contribution in [0.1, 0.15) is 26.2 Å². The highest BCUT2D eigenvalue weighted by Crippen LogP contribution is 2.49. The maximum atomic E-state index is 17.0. The van der Waals surface area contributed by atoms with Crippen molar-refractivity contribution in [3.8, 4) is 22.9 Å². The zero-order valence-corrected chi connectivity index (χ0v) is 27.8. The maximum absolute atomic E-state index is 17.0. The molecule has 0 aliphatic carbocycles. The number of nitrogens with zero attached hydrogens (tertiary/aromatic N) is 5. The third kappa shape index (κ3) is 5.03. The Balaban J connectivity index is 1.42. The molecule has 2 N–H and O–H groups in total. The van der Waals surface area contributed by atoms with Gasteiger partial charge in [-0.3, -0.25) is 4.90 Å². The Morgan fingerprint density at radius 2 is 2.07 bits per heavy atom. The minimum absolute atomic E-state index is 0.0430. The number of likely N-dealkylation sites (N-methyl/N-ethyl adjacent to an activating group) is 1. The quantitative estimate of drug-likeness (QED) is 0.229. The van der Waals surface area contributed by atoms with E-state index in [0.29, 0.717) is 67.2 Å². The van der Waals surface area contributed by atoms with Crippen LogP contribution >= 0.6 is 33.9 Å². The summed E-state index contributed by atoms with van der Waals surface area (Å²) in [5.74, 6) is 0.0320. The van der Waals surface area contributed by atoms with E-state index in [1.54, 1.807) is 12.1 Å². The van der Waals surface area contributed by atoms with E-state index in [0.717, 1.165) is 37.3 Å². The van der Waals surface area contributed by atoms with Crippen LogP contribution < -0.4 is 20.1 Å². The summed E-state index contributed by atoms with van der Waals surface area (Å²) in [5, 5.41) is 1.43. The smallest absolute Gasteiger partial charge is 0.319 e. The number of ether oxygens (including phenoxy) is 2. The molecule has 3 atom stereocenters. The Hall–Kier alpha value is -2.62. The van der Waals surface area contributed by atoms with Crippen molar-refractivity contribution in [2.75, 3.05) is 64.1 Å². The number of nitrogens with two attached hydrogens (primary N) is 1. The van der Waals surface area contributed by atoms with Crippen molar-refractivity contribution in [2.24, 2.45) is 0 Å². The van der Waals surface area contributed by atoms with E-state index in [-0.39, 0.29) is 29.8 Å². The van der Waals surface area contributed by atoms with E-state index >= 15 is 4.39 Å². The average molecular weight is 739 g/mol. The molecule has 13 heteroatoms. The molecule has 0 spiro atoms. The fourth-order valence-electron chi connectivity index (χ4n) is 7.00. The summed E-state index contributed by atoms with van der Waals surface area (Å²) in [6, 6.07) is 4.63. The van der Waals surface area contributed by atoms with E-state index in [1.807, 2.05) is 21.0 Å². The normalized spacial score (nSPS) is 23.5. The first kappa shape index (κ1) is 30.1. The first-order valence-corrected chi connectivity index (χ1v) is 16.7. The Morgan fingerprint density at radius 3 is 2.86 bits per heavy atom. The number of thiophene rings is 1. The lowest BCUT2D eigenvalue weighted by atomic mass is 9.95. The van der Waals surface area contributed by atoms with E-state index in [2.05, 4.69) is 42.3 Å². The number of anilines is 2. The highest BCUT2D eigenvalue weighted by molar-refractivity contribution is 14.1. The summed E-state index contributed by atoms with van der Waals surface area (Å²) in [6.45, 7) is 5.32. The first-order chi connectivity index (χ1) is 21.0. The topological polar surface area (TPSA) is 80.0 Å². The lowest BCUT2D eigenvalue weighted by Crippen LogP contribution is -2.43. The number of rotatable bonds is 7. The predicted octanol–water partition coefficient (Wildman–Crippen LogP) is 6.08. The van der Waals surface area contributed by atoms with Crippen LogP contribution in [0, 0.1) is 15.2 Å². The van der Waals surface area contributed by atoms with E-state index in [1.165, 1.54) is 6.07 Å². The van der Waals surface area contributed by atoms with E-state index in [9.17, 15) is 8.78 Å². The number of hydrogen-bond donors (Lipinski definition) is 1. The van der Waals surface area contributed by atoms with Crippen molar-refractivity contribution in [1.29, 1.82) is 0 Å². The van der Waals surface area contributed by atoms with Crippen LogP contribution in [-0.4, -0.2) is 91.0 Å². The number of aromatic nitrogens is 2. The number of nitrogen functional groups attached to an aromatic ring is 1. The monoisotopic (exact) mass is 738 g/mol. The highest BCUT2D eigenvalue weighted by Gasteiger charge is 2.49. The van der Waals surface area contributed by atoms with Gasteiger partial charge >= 0.3 is 6.01 Å². The molecule has 0 saturated carbocycles. The molecule has 3 aliphatic heterocycles. The number of alkyl halides is 1. The molecular weight excluding hydrogens is 704 g/mol. The molecule has 1 unspecified atom stereocenters. The minimum atomic E-state index is -0.899. The second-order valence-corrected chi connectivity index (χ2v) is 14.6. The largest absolute Gasteiger partial charge is 0.487 e. The van der Waals surface area contributed by atoms with Gasteiger partial charge in [0.25, 0.3) is 0 Å². The highest BCUT2D eigenvalue weighted by atomic mass is 127. The number of benzene rings is 2. The zero-order valence-electron chi connectivity index (χ0n) is 24.8. The molecule has 3 aliphatic rings.